The Balaban J connectivity index is 2.07. The first kappa shape index (κ1) is 8.01. The summed E-state index contributed by atoms with van der Waals surface area (Å²) in [5.74, 6) is 5.61. The average Bonchev–Trinajstić information content (AvgIpc) is 2.60. The van der Waals surface area contributed by atoms with Crippen LogP contribution in [0.1, 0.15) is 19.3 Å². The minimum absolute atomic E-state index is 0.0382. The minimum atomic E-state index is -0.272. The summed E-state index contributed by atoms with van der Waals surface area (Å²) >= 11 is 0. The van der Waals surface area contributed by atoms with Gasteiger partial charge in [-0.2, -0.15) is 0 Å². The van der Waals surface area contributed by atoms with Crippen LogP contribution in [0.4, 0.5) is 0 Å². The highest BCUT2D eigenvalue weighted by molar-refractivity contribution is 5.78. The summed E-state index contributed by atoms with van der Waals surface area (Å²) in [4.78, 5) is 11.2. The number of carbonyl (C=O) groups excluding carboxylic acids is 1. The summed E-state index contributed by atoms with van der Waals surface area (Å²) in [6, 6.07) is 0. The van der Waals surface area contributed by atoms with Gasteiger partial charge in [-0.3, -0.25) is 10.2 Å². The maximum atomic E-state index is 11.2. The minimum Gasteiger partial charge on any atom is -0.393 e. The van der Waals surface area contributed by atoms with Crippen LogP contribution in [0.5, 0.6) is 0 Å². The van der Waals surface area contributed by atoms with Crippen molar-refractivity contribution in [3.63, 3.8) is 0 Å². The fourth-order valence-electron chi connectivity index (χ4n) is 2.72. The smallest absolute Gasteiger partial charge is 0.237 e. The zero-order chi connectivity index (χ0) is 8.72. The average molecular weight is 170 g/mol. The van der Waals surface area contributed by atoms with E-state index in [1.165, 1.54) is 0 Å². The van der Waals surface area contributed by atoms with Crippen LogP contribution in [-0.2, 0) is 4.79 Å². The van der Waals surface area contributed by atoms with Crippen molar-refractivity contribution in [2.45, 2.75) is 25.4 Å². The summed E-state index contributed by atoms with van der Waals surface area (Å²) in [5.41, 5.74) is 2.16. The Morgan fingerprint density at radius 3 is 2.67 bits per heavy atom. The van der Waals surface area contributed by atoms with Crippen LogP contribution in [0.15, 0.2) is 0 Å². The number of hydrogen-bond donors (Lipinski definition) is 3. The molecule has 2 bridgehead atoms. The molecule has 2 saturated carbocycles. The normalized spacial score (nSPS) is 44.8. The van der Waals surface area contributed by atoms with Gasteiger partial charge in [0.1, 0.15) is 0 Å². The van der Waals surface area contributed by atoms with E-state index < -0.39 is 0 Å². The highest BCUT2D eigenvalue weighted by atomic mass is 16.3. The van der Waals surface area contributed by atoms with Gasteiger partial charge in [-0.15, -0.1) is 0 Å². The summed E-state index contributed by atoms with van der Waals surface area (Å²) in [6.45, 7) is 0. The number of nitrogens with one attached hydrogen (secondary N) is 1. The molecule has 12 heavy (non-hydrogen) atoms. The van der Waals surface area contributed by atoms with Crippen LogP contribution in [-0.4, -0.2) is 17.1 Å². The van der Waals surface area contributed by atoms with E-state index in [0.717, 1.165) is 19.3 Å². The quantitative estimate of drug-likeness (QED) is 0.279. The highest BCUT2D eigenvalue weighted by Gasteiger charge is 2.48. The summed E-state index contributed by atoms with van der Waals surface area (Å²) in [6.07, 6.45) is 2.51. The molecule has 0 aliphatic heterocycles. The van der Waals surface area contributed by atoms with Gasteiger partial charge in [-0.05, 0) is 31.1 Å². The number of hydrogen-bond acceptors (Lipinski definition) is 3. The Morgan fingerprint density at radius 2 is 2.17 bits per heavy atom. The number of carbonyl (C=O) groups is 1. The van der Waals surface area contributed by atoms with E-state index in [2.05, 4.69) is 5.43 Å². The lowest BCUT2D eigenvalue weighted by Gasteiger charge is -2.24. The highest BCUT2D eigenvalue weighted by Crippen LogP contribution is 2.48. The molecule has 1 amide bonds. The molecule has 68 valence electrons. The molecule has 4 unspecified atom stereocenters. The standard InChI is InChI=1S/C8H14N2O2/c9-10-8(12)6-2-4-1-5(6)7(11)3-4/h4-7,11H,1-3,9H2,(H,10,12). The van der Waals surface area contributed by atoms with Crippen LogP contribution >= 0.6 is 0 Å². The maximum absolute atomic E-state index is 11.2. The first-order valence-electron chi connectivity index (χ1n) is 4.41. The lowest BCUT2D eigenvalue weighted by Crippen LogP contribution is -2.41. The van der Waals surface area contributed by atoms with Crippen LogP contribution in [0.25, 0.3) is 0 Å². The topological polar surface area (TPSA) is 75.3 Å². The van der Waals surface area contributed by atoms with E-state index in [1.807, 2.05) is 0 Å². The molecule has 0 radical (unpaired) electrons. The number of amides is 1. The van der Waals surface area contributed by atoms with Gasteiger partial charge in [0.25, 0.3) is 0 Å². The molecule has 4 atom stereocenters. The molecule has 4 N–H and O–H groups in total. The molecule has 0 aromatic heterocycles. The van der Waals surface area contributed by atoms with E-state index in [0.29, 0.717) is 5.92 Å². The SMILES string of the molecule is NNC(=O)C1CC2CC(O)C1C2. The van der Waals surface area contributed by atoms with Gasteiger partial charge < -0.3 is 5.11 Å². The Morgan fingerprint density at radius 1 is 1.42 bits per heavy atom. The van der Waals surface area contributed by atoms with Crippen molar-refractivity contribution in [3.05, 3.63) is 0 Å². The van der Waals surface area contributed by atoms with E-state index >= 15 is 0 Å². The second kappa shape index (κ2) is 2.71. The molecule has 2 rings (SSSR count). The Kier molecular flexibility index (Phi) is 1.81. The van der Waals surface area contributed by atoms with Crippen LogP contribution in [0, 0.1) is 17.8 Å². The molecule has 4 heteroatoms. The molecule has 0 spiro atoms. The van der Waals surface area contributed by atoms with Crippen molar-refractivity contribution in [3.8, 4) is 0 Å². The van der Waals surface area contributed by atoms with Crippen molar-refractivity contribution in [1.82, 2.24) is 5.43 Å². The van der Waals surface area contributed by atoms with Crippen LogP contribution in [0.3, 0.4) is 0 Å². The Labute approximate surface area is 71.1 Å². The summed E-state index contributed by atoms with van der Waals surface area (Å²) in [5, 5.41) is 9.51. The number of nitrogens with two attached hydrogens (primary N) is 1. The van der Waals surface area contributed by atoms with Crippen LogP contribution < -0.4 is 11.3 Å². The Bertz CT molecular complexity index is 207. The summed E-state index contributed by atoms with van der Waals surface area (Å²) < 4.78 is 0. The predicted octanol–water partition coefficient (Wildman–Crippen LogP) is -0.617. The zero-order valence-electron chi connectivity index (χ0n) is 6.86. The van der Waals surface area contributed by atoms with Gasteiger partial charge in [-0.25, -0.2) is 5.84 Å². The lowest BCUT2D eigenvalue weighted by molar-refractivity contribution is -0.128. The van der Waals surface area contributed by atoms with E-state index in [9.17, 15) is 9.90 Å². The summed E-state index contributed by atoms with van der Waals surface area (Å²) in [7, 11) is 0. The molecule has 4 nitrogen and oxygen atoms in total. The van der Waals surface area contributed by atoms with Gasteiger partial charge in [0.2, 0.25) is 5.91 Å². The third-order valence-electron chi connectivity index (χ3n) is 3.26. The van der Waals surface area contributed by atoms with Gasteiger partial charge in [-0.1, -0.05) is 0 Å². The number of hydrazine groups is 1. The van der Waals surface area contributed by atoms with Gasteiger partial charge in [0, 0.05) is 5.92 Å². The molecular formula is C8H14N2O2. The fourth-order valence-corrected chi connectivity index (χ4v) is 2.72. The second-order valence-corrected chi connectivity index (χ2v) is 3.92. The molecule has 0 saturated heterocycles. The predicted molar refractivity (Wildman–Crippen MR) is 42.7 cm³/mol. The monoisotopic (exact) mass is 170 g/mol. The number of fused-ring (bicyclic) bond motifs is 2. The fraction of sp³-hybridized carbons (Fsp3) is 0.875. The molecular weight excluding hydrogens is 156 g/mol. The zero-order valence-corrected chi connectivity index (χ0v) is 6.86. The molecule has 2 aliphatic carbocycles. The molecule has 0 heterocycles. The maximum Gasteiger partial charge on any atom is 0.237 e. The lowest BCUT2D eigenvalue weighted by atomic mass is 9.86. The third kappa shape index (κ3) is 1.03. The van der Waals surface area contributed by atoms with Gasteiger partial charge in [0.15, 0.2) is 0 Å². The molecule has 0 aromatic carbocycles. The molecule has 2 fully saturated rings. The third-order valence-corrected chi connectivity index (χ3v) is 3.26. The first-order valence-corrected chi connectivity index (χ1v) is 4.41. The largest absolute Gasteiger partial charge is 0.393 e. The van der Waals surface area contributed by atoms with Gasteiger partial charge in [0.05, 0.1) is 6.10 Å². The number of aliphatic hydroxyl groups is 1. The van der Waals surface area contributed by atoms with Gasteiger partial charge >= 0.3 is 0 Å². The first-order chi connectivity index (χ1) is 5.72. The number of rotatable bonds is 1. The van der Waals surface area contributed by atoms with Crippen molar-refractivity contribution in [1.29, 1.82) is 0 Å². The van der Waals surface area contributed by atoms with Crippen molar-refractivity contribution in [2.24, 2.45) is 23.6 Å². The van der Waals surface area contributed by atoms with Crippen LogP contribution in [0.2, 0.25) is 0 Å². The number of aliphatic hydroxyl groups excluding tert-OH is 1. The second-order valence-electron chi connectivity index (χ2n) is 3.92. The van der Waals surface area contributed by atoms with E-state index in [-0.39, 0.29) is 23.8 Å². The van der Waals surface area contributed by atoms with E-state index in [4.69, 9.17) is 5.84 Å². The van der Waals surface area contributed by atoms with Crippen molar-refractivity contribution in [2.75, 3.05) is 0 Å². The molecule has 0 aromatic rings. The van der Waals surface area contributed by atoms with Crippen molar-refractivity contribution >= 4 is 5.91 Å². The van der Waals surface area contributed by atoms with Crippen molar-refractivity contribution < 1.29 is 9.90 Å². The molecule has 2 aliphatic rings. The van der Waals surface area contributed by atoms with E-state index in [1.54, 1.807) is 0 Å². The Hall–Kier alpha value is -0.610.